The lowest BCUT2D eigenvalue weighted by atomic mass is 10.2. The van der Waals surface area contributed by atoms with Gasteiger partial charge in [-0.1, -0.05) is 0 Å². The van der Waals surface area contributed by atoms with Crippen molar-refractivity contribution in [3.8, 4) is 11.4 Å². The first-order valence-corrected chi connectivity index (χ1v) is 5.50. The smallest absolute Gasteiger partial charge is 0.339 e. The Kier molecular flexibility index (Phi) is 3.30. The summed E-state index contributed by atoms with van der Waals surface area (Å²) in [7, 11) is 0. The number of aromatic nitrogens is 4. The van der Waals surface area contributed by atoms with Gasteiger partial charge in [0.25, 0.3) is 0 Å². The number of carboxylic acids is 1. The van der Waals surface area contributed by atoms with Crippen molar-refractivity contribution in [2.45, 2.75) is 0 Å². The lowest BCUT2D eigenvalue weighted by Crippen LogP contribution is -2.04. The number of nitrogens with zero attached hydrogens (tertiary/aromatic N) is 4. The highest BCUT2D eigenvalue weighted by Crippen LogP contribution is 2.21. The average Bonchev–Trinajstić information content (AvgIpc) is 2.28. The number of carbonyl (C=O) groups is 1. The minimum Gasteiger partial charge on any atom is -0.478 e. The molecule has 2 rings (SSSR count). The molecule has 8 heteroatoms. The van der Waals surface area contributed by atoms with Crippen molar-refractivity contribution < 1.29 is 9.90 Å². The summed E-state index contributed by atoms with van der Waals surface area (Å²) in [4.78, 5) is 26.4. The van der Waals surface area contributed by atoms with Gasteiger partial charge in [-0.25, -0.2) is 24.7 Å². The average molecular weight is 316 g/mol. The Labute approximate surface area is 109 Å². The van der Waals surface area contributed by atoms with Gasteiger partial charge in [0.05, 0.1) is 5.69 Å². The van der Waals surface area contributed by atoms with E-state index in [2.05, 4.69) is 35.9 Å². The van der Waals surface area contributed by atoms with Crippen molar-refractivity contribution in [1.29, 1.82) is 0 Å². The Morgan fingerprint density at radius 2 is 2.12 bits per heavy atom. The van der Waals surface area contributed by atoms with Crippen LogP contribution in [0.2, 0.25) is 5.28 Å². The van der Waals surface area contributed by atoms with Crippen LogP contribution in [0.5, 0.6) is 0 Å². The summed E-state index contributed by atoms with van der Waals surface area (Å²) in [5.41, 5.74) is 0.456. The molecule has 0 aliphatic rings. The van der Waals surface area contributed by atoms with Gasteiger partial charge >= 0.3 is 5.97 Å². The van der Waals surface area contributed by atoms with E-state index in [9.17, 15) is 4.79 Å². The monoisotopic (exact) mass is 314 g/mol. The zero-order valence-corrected chi connectivity index (χ0v) is 10.5. The fourth-order valence-electron chi connectivity index (χ4n) is 1.18. The van der Waals surface area contributed by atoms with E-state index in [-0.39, 0.29) is 21.3 Å². The van der Waals surface area contributed by atoms with Gasteiger partial charge in [0.15, 0.2) is 4.73 Å². The minimum atomic E-state index is -1.14. The van der Waals surface area contributed by atoms with Crippen molar-refractivity contribution in [3.05, 3.63) is 34.0 Å². The SMILES string of the molecule is O=C(O)c1cnc(Br)nc1-c1ccnc(Cl)n1. The van der Waals surface area contributed by atoms with Crippen LogP contribution in [0.15, 0.2) is 23.2 Å². The summed E-state index contributed by atoms with van der Waals surface area (Å²) in [5.74, 6) is -1.14. The van der Waals surface area contributed by atoms with E-state index in [4.69, 9.17) is 16.7 Å². The summed E-state index contributed by atoms with van der Waals surface area (Å²) in [6.45, 7) is 0. The van der Waals surface area contributed by atoms with Crippen LogP contribution < -0.4 is 0 Å². The van der Waals surface area contributed by atoms with Gasteiger partial charge < -0.3 is 5.11 Å². The molecule has 0 saturated heterocycles. The molecule has 0 aromatic carbocycles. The standard InChI is InChI=1S/C9H4BrClN4O2/c10-8-13-3-4(7(16)17)6(15-8)5-1-2-12-9(11)14-5/h1-3H,(H,16,17). The first-order chi connectivity index (χ1) is 8.08. The molecular weight excluding hydrogens is 311 g/mol. The summed E-state index contributed by atoms with van der Waals surface area (Å²) in [6.07, 6.45) is 2.62. The van der Waals surface area contributed by atoms with Crippen LogP contribution in [0, 0.1) is 0 Å². The number of carboxylic acid groups (broad SMARTS) is 1. The van der Waals surface area contributed by atoms with Crippen molar-refractivity contribution in [3.63, 3.8) is 0 Å². The van der Waals surface area contributed by atoms with Crippen LogP contribution in [-0.4, -0.2) is 31.0 Å². The Morgan fingerprint density at radius 3 is 2.76 bits per heavy atom. The number of aromatic carboxylic acids is 1. The van der Waals surface area contributed by atoms with Gasteiger partial charge in [0.1, 0.15) is 11.3 Å². The lowest BCUT2D eigenvalue weighted by Gasteiger charge is -2.04. The second kappa shape index (κ2) is 4.72. The normalized spacial score (nSPS) is 10.2. The molecule has 0 saturated carbocycles. The van der Waals surface area contributed by atoms with E-state index in [0.29, 0.717) is 5.69 Å². The Bertz CT molecular complexity index is 593. The molecule has 2 heterocycles. The second-order valence-corrected chi connectivity index (χ2v) is 3.96. The maximum Gasteiger partial charge on any atom is 0.339 e. The first kappa shape index (κ1) is 11.9. The van der Waals surface area contributed by atoms with E-state index in [1.54, 1.807) is 0 Å². The highest BCUT2D eigenvalue weighted by Gasteiger charge is 2.16. The largest absolute Gasteiger partial charge is 0.478 e. The van der Waals surface area contributed by atoms with Crippen LogP contribution >= 0.6 is 27.5 Å². The third-order valence-corrected chi connectivity index (χ3v) is 2.42. The Balaban J connectivity index is 2.65. The van der Waals surface area contributed by atoms with E-state index in [1.807, 2.05) is 0 Å². The zero-order valence-electron chi connectivity index (χ0n) is 8.13. The van der Waals surface area contributed by atoms with Crippen molar-refractivity contribution in [2.24, 2.45) is 0 Å². The molecule has 0 atom stereocenters. The molecule has 6 nitrogen and oxygen atoms in total. The molecule has 0 bridgehead atoms. The minimum absolute atomic E-state index is 0.0218. The maximum atomic E-state index is 11.0. The Morgan fingerprint density at radius 1 is 1.35 bits per heavy atom. The van der Waals surface area contributed by atoms with Gasteiger partial charge in [-0.2, -0.15) is 0 Å². The molecule has 17 heavy (non-hydrogen) atoms. The molecule has 0 radical (unpaired) electrons. The molecule has 86 valence electrons. The Hall–Kier alpha value is -1.60. The predicted octanol–water partition coefficient (Wildman–Crippen LogP) is 2.05. The molecule has 0 amide bonds. The predicted molar refractivity (Wildman–Crippen MR) is 62.7 cm³/mol. The van der Waals surface area contributed by atoms with Crippen LogP contribution in [0.4, 0.5) is 0 Å². The summed E-state index contributed by atoms with van der Waals surface area (Å²) in [6, 6.07) is 1.52. The summed E-state index contributed by atoms with van der Waals surface area (Å²) >= 11 is 8.71. The van der Waals surface area contributed by atoms with E-state index < -0.39 is 5.97 Å². The number of hydrogen-bond donors (Lipinski definition) is 1. The van der Waals surface area contributed by atoms with Gasteiger partial charge in [-0.3, -0.25) is 0 Å². The molecule has 1 N–H and O–H groups in total. The van der Waals surface area contributed by atoms with Gasteiger partial charge in [-0.05, 0) is 33.6 Å². The van der Waals surface area contributed by atoms with E-state index in [0.717, 1.165) is 0 Å². The highest BCUT2D eigenvalue weighted by atomic mass is 79.9. The fraction of sp³-hybridized carbons (Fsp3) is 0. The number of hydrogen-bond acceptors (Lipinski definition) is 5. The molecule has 0 aliphatic carbocycles. The summed E-state index contributed by atoms with van der Waals surface area (Å²) < 4.78 is 0.271. The second-order valence-electron chi connectivity index (χ2n) is 2.92. The molecule has 2 aromatic rings. The molecule has 0 unspecified atom stereocenters. The van der Waals surface area contributed by atoms with E-state index in [1.165, 1.54) is 18.5 Å². The summed E-state index contributed by atoms with van der Waals surface area (Å²) in [5, 5.41) is 9.04. The molecule has 0 spiro atoms. The first-order valence-electron chi connectivity index (χ1n) is 4.32. The van der Waals surface area contributed by atoms with Gasteiger partial charge in [0.2, 0.25) is 5.28 Å². The molecule has 0 fully saturated rings. The molecular formula is C9H4BrClN4O2. The van der Waals surface area contributed by atoms with Gasteiger partial charge in [-0.15, -0.1) is 0 Å². The van der Waals surface area contributed by atoms with Crippen molar-refractivity contribution in [1.82, 2.24) is 19.9 Å². The zero-order chi connectivity index (χ0) is 12.4. The number of halogens is 2. The third kappa shape index (κ3) is 2.56. The molecule has 2 aromatic heterocycles. The highest BCUT2D eigenvalue weighted by molar-refractivity contribution is 9.10. The fourth-order valence-corrected chi connectivity index (χ4v) is 1.61. The molecule has 0 aliphatic heterocycles. The topological polar surface area (TPSA) is 88.9 Å². The van der Waals surface area contributed by atoms with Crippen LogP contribution in [0.25, 0.3) is 11.4 Å². The third-order valence-electron chi connectivity index (χ3n) is 1.86. The maximum absolute atomic E-state index is 11.0. The lowest BCUT2D eigenvalue weighted by molar-refractivity contribution is 0.0697. The van der Waals surface area contributed by atoms with Crippen molar-refractivity contribution in [2.75, 3.05) is 0 Å². The van der Waals surface area contributed by atoms with Crippen LogP contribution in [-0.2, 0) is 0 Å². The quantitative estimate of drug-likeness (QED) is 0.853. The van der Waals surface area contributed by atoms with Crippen LogP contribution in [0.3, 0.4) is 0 Å². The number of rotatable bonds is 2. The van der Waals surface area contributed by atoms with Gasteiger partial charge in [0, 0.05) is 12.4 Å². The van der Waals surface area contributed by atoms with Crippen molar-refractivity contribution >= 4 is 33.5 Å². The van der Waals surface area contributed by atoms with E-state index >= 15 is 0 Å². The van der Waals surface area contributed by atoms with Crippen LogP contribution in [0.1, 0.15) is 10.4 Å².